The molecule has 338 valence electrons. The third-order valence-corrected chi connectivity index (χ3v) is 10.8. The molecule has 0 aromatic carbocycles. The number of nitrogens with zero attached hydrogens (tertiary/aromatic N) is 1. The van der Waals surface area contributed by atoms with E-state index in [4.69, 9.17) is 18.5 Å². The highest BCUT2D eigenvalue weighted by atomic mass is 31.2. The fourth-order valence-corrected chi connectivity index (χ4v) is 6.87. The molecule has 0 amide bonds. The van der Waals surface area contributed by atoms with Gasteiger partial charge in [-0.15, -0.1) is 0 Å². The van der Waals surface area contributed by atoms with Crippen LogP contribution in [0.2, 0.25) is 0 Å². The number of ether oxygens (including phenoxy) is 2. The van der Waals surface area contributed by atoms with E-state index in [2.05, 4.69) is 62.5 Å². The molecule has 0 saturated carbocycles. The van der Waals surface area contributed by atoms with Crippen LogP contribution in [0.1, 0.15) is 194 Å². The molecule has 1 unspecified atom stereocenters. The van der Waals surface area contributed by atoms with Gasteiger partial charge in [0, 0.05) is 12.8 Å². The third-order valence-electron chi connectivity index (χ3n) is 9.83. The Hall–Kier alpha value is -2.03. The van der Waals surface area contributed by atoms with Gasteiger partial charge in [0.25, 0.3) is 0 Å². The van der Waals surface area contributed by atoms with E-state index >= 15 is 0 Å². The minimum Gasteiger partial charge on any atom is -0.462 e. The summed E-state index contributed by atoms with van der Waals surface area (Å²) in [5.41, 5.74) is 0. The summed E-state index contributed by atoms with van der Waals surface area (Å²) in [7, 11) is 1.45. The first-order valence-electron chi connectivity index (χ1n) is 23.4. The molecule has 1 N–H and O–H groups in total. The first-order chi connectivity index (χ1) is 28.0. The lowest BCUT2D eigenvalue weighted by molar-refractivity contribution is -0.870. The number of carbonyl (C=O) groups is 2. The monoisotopic (exact) mass is 839 g/mol. The first kappa shape index (κ1) is 56.0. The summed E-state index contributed by atoms with van der Waals surface area (Å²) >= 11 is 0. The molecule has 0 aromatic rings. The van der Waals surface area contributed by atoms with Crippen molar-refractivity contribution in [3.63, 3.8) is 0 Å². The van der Waals surface area contributed by atoms with Crippen LogP contribution in [0.3, 0.4) is 0 Å². The fourth-order valence-electron chi connectivity index (χ4n) is 6.13. The Labute approximate surface area is 356 Å². The molecule has 0 radical (unpaired) electrons. The van der Waals surface area contributed by atoms with Crippen molar-refractivity contribution in [3.05, 3.63) is 48.6 Å². The van der Waals surface area contributed by atoms with Crippen molar-refractivity contribution in [1.29, 1.82) is 0 Å². The largest absolute Gasteiger partial charge is 0.472 e. The van der Waals surface area contributed by atoms with Crippen LogP contribution in [0, 0.1) is 0 Å². The number of phosphoric ester groups is 1. The smallest absolute Gasteiger partial charge is 0.462 e. The second kappa shape index (κ2) is 40.4. The van der Waals surface area contributed by atoms with Crippen molar-refractivity contribution in [3.8, 4) is 0 Å². The van der Waals surface area contributed by atoms with Crippen LogP contribution in [0.15, 0.2) is 48.6 Å². The molecule has 0 saturated heterocycles. The number of rotatable bonds is 42. The summed E-state index contributed by atoms with van der Waals surface area (Å²) in [5, 5.41) is 0. The van der Waals surface area contributed by atoms with Gasteiger partial charge in [-0.25, -0.2) is 4.57 Å². The number of allylic oxidation sites excluding steroid dienone is 8. The normalized spacial score (nSPS) is 14.0. The van der Waals surface area contributed by atoms with E-state index in [0.29, 0.717) is 17.4 Å². The highest BCUT2D eigenvalue weighted by molar-refractivity contribution is 7.47. The molecular weight excluding hydrogens is 750 g/mol. The molecule has 0 aliphatic carbocycles. The number of hydrogen-bond acceptors (Lipinski definition) is 7. The van der Waals surface area contributed by atoms with Crippen LogP contribution < -0.4 is 0 Å². The van der Waals surface area contributed by atoms with Gasteiger partial charge in [0.2, 0.25) is 0 Å². The van der Waals surface area contributed by atoms with Gasteiger partial charge >= 0.3 is 19.8 Å². The number of unbranched alkanes of at least 4 members (excludes halogenated alkanes) is 20. The van der Waals surface area contributed by atoms with Gasteiger partial charge < -0.3 is 18.9 Å². The zero-order chi connectivity index (χ0) is 42.8. The molecule has 0 aromatic heterocycles. The van der Waals surface area contributed by atoms with Crippen molar-refractivity contribution >= 4 is 19.8 Å². The van der Waals surface area contributed by atoms with Crippen molar-refractivity contribution in [2.24, 2.45) is 0 Å². The van der Waals surface area contributed by atoms with Crippen molar-refractivity contribution in [2.45, 2.75) is 200 Å². The maximum Gasteiger partial charge on any atom is 0.472 e. The summed E-state index contributed by atoms with van der Waals surface area (Å²) in [6, 6.07) is 0. The van der Waals surface area contributed by atoms with Gasteiger partial charge in [-0.1, -0.05) is 152 Å². The number of hydrogen-bond donors (Lipinski definition) is 1. The predicted molar refractivity (Wildman–Crippen MR) is 243 cm³/mol. The standard InChI is InChI=1S/C48H88NO8P/c1-6-8-10-12-14-16-18-20-22-23-24-25-27-28-30-32-34-36-38-40-47(50)54-44-46(45-56-58(52,53)55-43-42-49(3,4)5)57-48(51)41-39-37-35-33-31-29-26-21-19-17-15-13-11-9-7-2/h15,17,20-22,26,31,33,46H,6-14,16,18-19,23-25,27-30,32,34-45H2,1-5H3/p+1/b17-15-,22-20-,26-21-,33-31-/t46-/m1/s1. The highest BCUT2D eigenvalue weighted by Crippen LogP contribution is 2.43. The number of likely N-dealkylation sites (N-methyl/N-ethyl adjacent to an activating group) is 1. The highest BCUT2D eigenvalue weighted by Gasteiger charge is 2.27. The molecular formula is C48H89NO8P+. The van der Waals surface area contributed by atoms with Crippen LogP contribution in [-0.4, -0.2) is 74.9 Å². The Morgan fingerprint density at radius 1 is 0.534 bits per heavy atom. The molecule has 0 aliphatic rings. The fraction of sp³-hybridized carbons (Fsp3) is 0.792. The van der Waals surface area contributed by atoms with Gasteiger partial charge in [0.1, 0.15) is 19.8 Å². The molecule has 0 aliphatic heterocycles. The summed E-state index contributed by atoms with van der Waals surface area (Å²) in [6.45, 7) is 4.35. The van der Waals surface area contributed by atoms with Crippen LogP contribution in [0.25, 0.3) is 0 Å². The zero-order valence-corrected chi connectivity index (χ0v) is 38.9. The lowest BCUT2D eigenvalue weighted by Crippen LogP contribution is -2.37. The number of quaternary nitrogens is 1. The Morgan fingerprint density at radius 2 is 0.931 bits per heavy atom. The molecule has 0 bridgehead atoms. The lowest BCUT2D eigenvalue weighted by Gasteiger charge is -2.24. The Balaban J connectivity index is 4.36. The average Bonchev–Trinajstić information content (AvgIpc) is 3.17. The molecule has 0 spiro atoms. The number of carbonyl (C=O) groups excluding carboxylic acids is 2. The molecule has 10 heteroatoms. The van der Waals surface area contributed by atoms with Crippen molar-refractivity contribution in [2.75, 3.05) is 47.5 Å². The van der Waals surface area contributed by atoms with Crippen molar-refractivity contribution in [1.82, 2.24) is 0 Å². The van der Waals surface area contributed by atoms with E-state index in [-0.39, 0.29) is 32.0 Å². The van der Waals surface area contributed by atoms with E-state index in [9.17, 15) is 19.0 Å². The van der Waals surface area contributed by atoms with E-state index < -0.39 is 26.5 Å². The van der Waals surface area contributed by atoms with Gasteiger partial charge in [-0.2, -0.15) is 0 Å². The lowest BCUT2D eigenvalue weighted by atomic mass is 10.1. The number of phosphoric acid groups is 1. The van der Waals surface area contributed by atoms with Crippen LogP contribution in [0.5, 0.6) is 0 Å². The van der Waals surface area contributed by atoms with Crippen LogP contribution >= 0.6 is 7.82 Å². The molecule has 0 fully saturated rings. The maximum absolute atomic E-state index is 12.7. The summed E-state index contributed by atoms with van der Waals surface area (Å²) in [6.07, 6.45) is 47.3. The molecule has 58 heavy (non-hydrogen) atoms. The first-order valence-corrected chi connectivity index (χ1v) is 24.9. The predicted octanol–water partition coefficient (Wildman–Crippen LogP) is 13.5. The van der Waals surface area contributed by atoms with Gasteiger partial charge in [0.15, 0.2) is 6.10 Å². The van der Waals surface area contributed by atoms with Crippen LogP contribution in [-0.2, 0) is 32.7 Å². The minimum atomic E-state index is -4.39. The second-order valence-electron chi connectivity index (χ2n) is 16.8. The summed E-state index contributed by atoms with van der Waals surface area (Å²) in [5.74, 6) is -0.845. The third kappa shape index (κ3) is 43.5. The van der Waals surface area contributed by atoms with Gasteiger partial charge in [-0.05, 0) is 77.0 Å². The minimum absolute atomic E-state index is 0.0231. The van der Waals surface area contributed by atoms with Crippen LogP contribution in [0.4, 0.5) is 0 Å². The Morgan fingerprint density at radius 3 is 1.47 bits per heavy atom. The summed E-state index contributed by atoms with van der Waals surface area (Å²) in [4.78, 5) is 35.4. The number of esters is 2. The Kier molecular flexibility index (Phi) is 39.0. The van der Waals surface area contributed by atoms with E-state index in [0.717, 1.165) is 51.4 Å². The van der Waals surface area contributed by atoms with E-state index in [1.165, 1.54) is 109 Å². The van der Waals surface area contributed by atoms with Gasteiger partial charge in [-0.3, -0.25) is 18.6 Å². The molecule has 0 rings (SSSR count). The molecule has 9 nitrogen and oxygen atoms in total. The van der Waals surface area contributed by atoms with E-state index in [1.807, 2.05) is 21.1 Å². The maximum atomic E-state index is 12.7. The summed E-state index contributed by atoms with van der Waals surface area (Å²) < 4.78 is 34.3. The zero-order valence-electron chi connectivity index (χ0n) is 38.0. The van der Waals surface area contributed by atoms with Crippen molar-refractivity contribution < 1.29 is 42.1 Å². The molecule has 2 atom stereocenters. The molecule has 0 heterocycles. The quantitative estimate of drug-likeness (QED) is 0.0213. The van der Waals surface area contributed by atoms with E-state index in [1.54, 1.807) is 0 Å². The Bertz CT molecular complexity index is 1130. The topological polar surface area (TPSA) is 108 Å². The average molecular weight is 839 g/mol. The van der Waals surface area contributed by atoms with Gasteiger partial charge in [0.05, 0.1) is 27.7 Å². The SMILES string of the molecule is CCCCC/C=C\C/C=C\C/C=C\CCCCC(=O)O[C@H](COC(=O)CCCCCCCCCCC/C=C\CCCCCCCC)COP(=O)(O)OCC[N+](C)(C)C. The second-order valence-corrected chi connectivity index (χ2v) is 18.2.